The van der Waals surface area contributed by atoms with Crippen LogP contribution in [0.3, 0.4) is 0 Å². The van der Waals surface area contributed by atoms with Gasteiger partial charge in [0.2, 0.25) is 5.91 Å². The van der Waals surface area contributed by atoms with Crippen molar-refractivity contribution in [2.24, 2.45) is 11.7 Å². The average Bonchev–Trinajstić information content (AvgIpc) is 2.37. The summed E-state index contributed by atoms with van der Waals surface area (Å²) >= 11 is 0. The molecule has 1 rings (SSSR count). The van der Waals surface area contributed by atoms with Crippen LogP contribution in [0.25, 0.3) is 0 Å². The molecule has 0 saturated carbocycles. The van der Waals surface area contributed by atoms with Crippen LogP contribution in [0, 0.1) is 5.92 Å². The van der Waals surface area contributed by atoms with Crippen molar-refractivity contribution in [1.29, 1.82) is 0 Å². The van der Waals surface area contributed by atoms with Crippen molar-refractivity contribution in [1.82, 2.24) is 10.3 Å². The van der Waals surface area contributed by atoms with Crippen molar-refractivity contribution in [3.05, 3.63) is 30.1 Å². The van der Waals surface area contributed by atoms with E-state index in [1.54, 1.807) is 12.4 Å². The number of carbonyl (C=O) groups is 1. The van der Waals surface area contributed by atoms with Gasteiger partial charge in [0.05, 0.1) is 12.1 Å². The first kappa shape index (κ1) is 13.6. The second kappa shape index (κ2) is 6.35. The molecular weight excluding hydrogens is 214 g/mol. The predicted octanol–water partition coefficient (Wildman–Crippen LogP) is 1.63. The summed E-state index contributed by atoms with van der Waals surface area (Å²) in [7, 11) is 0. The van der Waals surface area contributed by atoms with E-state index in [4.69, 9.17) is 5.73 Å². The van der Waals surface area contributed by atoms with Crippen LogP contribution in [0.1, 0.15) is 38.8 Å². The maximum atomic E-state index is 11.9. The monoisotopic (exact) mass is 235 g/mol. The van der Waals surface area contributed by atoms with Crippen LogP contribution in [0.2, 0.25) is 0 Å². The van der Waals surface area contributed by atoms with E-state index in [2.05, 4.69) is 10.3 Å². The fourth-order valence-electron chi connectivity index (χ4n) is 1.54. The Labute approximate surface area is 103 Å². The molecule has 3 atom stereocenters. The molecule has 4 heteroatoms. The van der Waals surface area contributed by atoms with Crippen LogP contribution in [0.15, 0.2) is 24.5 Å². The number of pyridine rings is 1. The Morgan fingerprint density at radius 1 is 1.53 bits per heavy atom. The molecule has 0 unspecified atom stereocenters. The maximum Gasteiger partial charge on any atom is 0.237 e. The molecule has 1 aromatic rings. The number of aromatic nitrogens is 1. The SMILES string of the molecule is CC[C@H](C)[C@H](N)C(=O)N[C@H](C)c1cccnc1. The molecule has 4 nitrogen and oxygen atoms in total. The first-order valence-corrected chi connectivity index (χ1v) is 6.02. The molecule has 0 spiro atoms. The van der Waals surface area contributed by atoms with Gasteiger partial charge in [0, 0.05) is 12.4 Å². The first-order chi connectivity index (χ1) is 8.06. The molecular formula is C13H21N3O. The molecule has 1 heterocycles. The predicted molar refractivity (Wildman–Crippen MR) is 68.2 cm³/mol. The highest BCUT2D eigenvalue weighted by Crippen LogP contribution is 2.11. The molecule has 0 radical (unpaired) electrons. The number of nitrogens with two attached hydrogens (primary N) is 1. The topological polar surface area (TPSA) is 68.0 Å². The Morgan fingerprint density at radius 3 is 2.76 bits per heavy atom. The maximum absolute atomic E-state index is 11.9. The molecule has 0 aliphatic heterocycles. The quantitative estimate of drug-likeness (QED) is 0.815. The molecule has 94 valence electrons. The fraction of sp³-hybridized carbons (Fsp3) is 0.538. The molecule has 3 N–H and O–H groups in total. The fourth-order valence-corrected chi connectivity index (χ4v) is 1.54. The van der Waals surface area contributed by atoms with Gasteiger partial charge in [-0.15, -0.1) is 0 Å². The summed E-state index contributed by atoms with van der Waals surface area (Å²) in [6.07, 6.45) is 4.36. The number of carbonyl (C=O) groups excluding carboxylic acids is 1. The van der Waals surface area contributed by atoms with Gasteiger partial charge in [-0.1, -0.05) is 26.3 Å². The summed E-state index contributed by atoms with van der Waals surface area (Å²) < 4.78 is 0. The average molecular weight is 235 g/mol. The zero-order valence-corrected chi connectivity index (χ0v) is 10.7. The van der Waals surface area contributed by atoms with Gasteiger partial charge in [-0.3, -0.25) is 9.78 Å². The van der Waals surface area contributed by atoms with Crippen molar-refractivity contribution >= 4 is 5.91 Å². The molecule has 0 aromatic carbocycles. The molecule has 1 amide bonds. The minimum Gasteiger partial charge on any atom is -0.348 e. The van der Waals surface area contributed by atoms with Crippen LogP contribution in [0.5, 0.6) is 0 Å². The Morgan fingerprint density at radius 2 is 2.24 bits per heavy atom. The van der Waals surface area contributed by atoms with Gasteiger partial charge in [0.15, 0.2) is 0 Å². The third-order valence-electron chi connectivity index (χ3n) is 3.10. The minimum atomic E-state index is -0.445. The largest absolute Gasteiger partial charge is 0.348 e. The van der Waals surface area contributed by atoms with E-state index in [-0.39, 0.29) is 17.9 Å². The van der Waals surface area contributed by atoms with E-state index in [9.17, 15) is 4.79 Å². The normalized spacial score (nSPS) is 16.0. The second-order valence-electron chi connectivity index (χ2n) is 4.43. The van der Waals surface area contributed by atoms with Crippen molar-refractivity contribution in [3.63, 3.8) is 0 Å². The summed E-state index contributed by atoms with van der Waals surface area (Å²) in [5, 5.41) is 2.91. The van der Waals surface area contributed by atoms with Gasteiger partial charge in [0.25, 0.3) is 0 Å². The Hall–Kier alpha value is -1.42. The number of nitrogens with one attached hydrogen (secondary N) is 1. The summed E-state index contributed by atoms with van der Waals surface area (Å²) in [5.74, 6) is 0.0896. The minimum absolute atomic E-state index is 0.0636. The highest BCUT2D eigenvalue weighted by atomic mass is 16.2. The van der Waals surface area contributed by atoms with Gasteiger partial charge in [0.1, 0.15) is 0 Å². The molecule has 0 aliphatic rings. The lowest BCUT2D eigenvalue weighted by Gasteiger charge is -2.21. The van der Waals surface area contributed by atoms with Gasteiger partial charge < -0.3 is 11.1 Å². The summed E-state index contributed by atoms with van der Waals surface area (Å²) in [6.45, 7) is 5.94. The van der Waals surface area contributed by atoms with E-state index < -0.39 is 6.04 Å². The number of hydrogen-bond donors (Lipinski definition) is 2. The molecule has 17 heavy (non-hydrogen) atoms. The van der Waals surface area contributed by atoms with Crippen LogP contribution in [0.4, 0.5) is 0 Å². The van der Waals surface area contributed by atoms with Crippen molar-refractivity contribution < 1.29 is 4.79 Å². The van der Waals surface area contributed by atoms with Gasteiger partial charge in [-0.05, 0) is 24.5 Å². The highest BCUT2D eigenvalue weighted by molar-refractivity contribution is 5.82. The Bertz CT molecular complexity index is 353. The van der Waals surface area contributed by atoms with Crippen LogP contribution in [-0.4, -0.2) is 16.9 Å². The summed E-state index contributed by atoms with van der Waals surface area (Å²) in [5.41, 5.74) is 6.85. The van der Waals surface area contributed by atoms with Crippen molar-refractivity contribution in [2.75, 3.05) is 0 Å². The molecule has 0 aliphatic carbocycles. The zero-order chi connectivity index (χ0) is 12.8. The standard InChI is InChI=1S/C13H21N3O/c1-4-9(2)12(14)13(17)16-10(3)11-6-5-7-15-8-11/h5-10,12H,4,14H2,1-3H3,(H,16,17)/t9-,10+,12-/m0/s1. The molecule has 1 aromatic heterocycles. The zero-order valence-electron chi connectivity index (χ0n) is 10.7. The third kappa shape index (κ3) is 3.82. The Kier molecular flexibility index (Phi) is 5.10. The first-order valence-electron chi connectivity index (χ1n) is 6.02. The Balaban J connectivity index is 2.57. The van der Waals surface area contributed by atoms with E-state index in [1.165, 1.54) is 0 Å². The summed E-state index contributed by atoms with van der Waals surface area (Å²) in [6, 6.07) is 3.28. The smallest absolute Gasteiger partial charge is 0.237 e. The molecule has 0 bridgehead atoms. The third-order valence-corrected chi connectivity index (χ3v) is 3.10. The van der Waals surface area contributed by atoms with E-state index in [1.807, 2.05) is 32.9 Å². The molecule has 0 saturated heterocycles. The van der Waals surface area contributed by atoms with Crippen molar-refractivity contribution in [3.8, 4) is 0 Å². The van der Waals surface area contributed by atoms with Gasteiger partial charge in [-0.25, -0.2) is 0 Å². The van der Waals surface area contributed by atoms with Gasteiger partial charge in [-0.2, -0.15) is 0 Å². The lowest BCUT2D eigenvalue weighted by atomic mass is 9.99. The lowest BCUT2D eigenvalue weighted by Crippen LogP contribution is -2.45. The van der Waals surface area contributed by atoms with Gasteiger partial charge >= 0.3 is 0 Å². The summed E-state index contributed by atoms with van der Waals surface area (Å²) in [4.78, 5) is 15.9. The number of rotatable bonds is 5. The second-order valence-corrected chi connectivity index (χ2v) is 4.43. The molecule has 0 fully saturated rings. The van der Waals surface area contributed by atoms with Crippen LogP contribution in [-0.2, 0) is 4.79 Å². The van der Waals surface area contributed by atoms with E-state index >= 15 is 0 Å². The van der Waals surface area contributed by atoms with Crippen molar-refractivity contribution in [2.45, 2.75) is 39.3 Å². The van der Waals surface area contributed by atoms with E-state index in [0.29, 0.717) is 0 Å². The van der Waals surface area contributed by atoms with E-state index in [0.717, 1.165) is 12.0 Å². The number of amides is 1. The highest BCUT2D eigenvalue weighted by Gasteiger charge is 2.21. The number of nitrogens with zero attached hydrogens (tertiary/aromatic N) is 1. The van der Waals surface area contributed by atoms with Crippen LogP contribution >= 0.6 is 0 Å². The van der Waals surface area contributed by atoms with Crippen LogP contribution < -0.4 is 11.1 Å². The lowest BCUT2D eigenvalue weighted by molar-refractivity contribution is -0.124. The number of hydrogen-bond acceptors (Lipinski definition) is 3.